The van der Waals surface area contributed by atoms with Crippen molar-refractivity contribution in [1.82, 2.24) is 5.32 Å². The fourth-order valence-electron chi connectivity index (χ4n) is 3.00. The first-order valence-electron chi connectivity index (χ1n) is 9.74. The highest BCUT2D eigenvalue weighted by Gasteiger charge is 2.29. The summed E-state index contributed by atoms with van der Waals surface area (Å²) in [5, 5.41) is 2.93. The molecule has 1 aromatic rings. The minimum atomic E-state index is -3.61. The zero-order chi connectivity index (χ0) is 20.4. The van der Waals surface area contributed by atoms with Crippen molar-refractivity contribution in [3.8, 4) is 5.75 Å². The van der Waals surface area contributed by atoms with Crippen LogP contribution < -0.4 is 14.4 Å². The number of carbonyl (C=O) groups excluding carboxylic acids is 1. The summed E-state index contributed by atoms with van der Waals surface area (Å²) in [5.74, 6) is 0.788. The van der Waals surface area contributed by atoms with Crippen LogP contribution in [-0.2, 0) is 14.8 Å². The van der Waals surface area contributed by atoms with Gasteiger partial charge in [-0.25, -0.2) is 8.42 Å². The topological polar surface area (TPSA) is 75.7 Å². The Morgan fingerprint density at radius 2 is 1.81 bits per heavy atom. The second-order valence-electron chi connectivity index (χ2n) is 6.82. The molecule has 0 heterocycles. The molecule has 0 aliphatic carbocycles. The van der Waals surface area contributed by atoms with Crippen LogP contribution in [0.2, 0.25) is 0 Å². The van der Waals surface area contributed by atoms with Crippen LogP contribution in [0.5, 0.6) is 5.75 Å². The lowest BCUT2D eigenvalue weighted by Crippen LogP contribution is -2.48. The van der Waals surface area contributed by atoms with Gasteiger partial charge in [0.2, 0.25) is 15.9 Å². The van der Waals surface area contributed by atoms with Gasteiger partial charge in [-0.2, -0.15) is 0 Å². The van der Waals surface area contributed by atoms with Crippen molar-refractivity contribution in [2.75, 3.05) is 23.7 Å². The molecule has 6 nitrogen and oxygen atoms in total. The van der Waals surface area contributed by atoms with Gasteiger partial charge in [0.25, 0.3) is 0 Å². The van der Waals surface area contributed by atoms with Crippen molar-refractivity contribution in [2.45, 2.75) is 59.4 Å². The van der Waals surface area contributed by atoms with Crippen LogP contribution in [0, 0.1) is 5.92 Å². The van der Waals surface area contributed by atoms with Crippen molar-refractivity contribution < 1.29 is 17.9 Å². The van der Waals surface area contributed by atoms with E-state index in [9.17, 15) is 13.2 Å². The van der Waals surface area contributed by atoms with E-state index >= 15 is 0 Å². The SMILES string of the molecule is CCCC[C@@H](CC)CNC(=O)[C@H](C)N(c1ccc(OCC)cc1)S(C)(=O)=O. The zero-order valence-corrected chi connectivity index (χ0v) is 18.0. The van der Waals surface area contributed by atoms with Gasteiger partial charge in [-0.1, -0.05) is 33.1 Å². The maximum absolute atomic E-state index is 12.6. The van der Waals surface area contributed by atoms with Crippen LogP contribution in [0.4, 0.5) is 5.69 Å². The van der Waals surface area contributed by atoms with E-state index in [0.29, 0.717) is 30.5 Å². The van der Waals surface area contributed by atoms with E-state index < -0.39 is 16.1 Å². The Labute approximate surface area is 164 Å². The van der Waals surface area contributed by atoms with Gasteiger partial charge in [0.15, 0.2) is 0 Å². The molecule has 0 aliphatic heterocycles. The second-order valence-corrected chi connectivity index (χ2v) is 8.68. The fraction of sp³-hybridized carbons (Fsp3) is 0.650. The highest BCUT2D eigenvalue weighted by Crippen LogP contribution is 2.24. The number of unbranched alkanes of at least 4 members (excludes halogenated alkanes) is 1. The molecule has 1 amide bonds. The summed E-state index contributed by atoms with van der Waals surface area (Å²) in [6, 6.07) is 5.90. The average molecular weight is 399 g/mol. The van der Waals surface area contributed by atoms with Crippen molar-refractivity contribution in [3.63, 3.8) is 0 Å². The third-order valence-corrected chi connectivity index (χ3v) is 5.84. The van der Waals surface area contributed by atoms with E-state index in [4.69, 9.17) is 4.74 Å². The summed E-state index contributed by atoms with van der Waals surface area (Å²) in [6.45, 7) is 8.85. The van der Waals surface area contributed by atoms with Gasteiger partial charge in [0, 0.05) is 6.54 Å². The van der Waals surface area contributed by atoms with Gasteiger partial charge in [0.05, 0.1) is 18.6 Å². The number of sulfonamides is 1. The predicted molar refractivity (Wildman–Crippen MR) is 111 cm³/mol. The molecule has 0 aromatic heterocycles. The molecule has 2 atom stereocenters. The first kappa shape index (κ1) is 23.3. The fourth-order valence-corrected chi connectivity index (χ4v) is 4.18. The Morgan fingerprint density at radius 3 is 2.30 bits per heavy atom. The van der Waals surface area contributed by atoms with Crippen LogP contribution in [0.15, 0.2) is 24.3 Å². The first-order chi connectivity index (χ1) is 12.7. The highest BCUT2D eigenvalue weighted by molar-refractivity contribution is 7.92. The number of carbonyl (C=O) groups is 1. The highest BCUT2D eigenvalue weighted by atomic mass is 32.2. The number of amides is 1. The summed E-state index contributed by atoms with van der Waals surface area (Å²) < 4.78 is 31.2. The van der Waals surface area contributed by atoms with E-state index in [2.05, 4.69) is 19.2 Å². The van der Waals surface area contributed by atoms with Gasteiger partial charge in [-0.3, -0.25) is 9.10 Å². The zero-order valence-electron chi connectivity index (χ0n) is 17.2. The molecule has 0 saturated heterocycles. The van der Waals surface area contributed by atoms with Gasteiger partial charge in [-0.05, 0) is 50.5 Å². The standard InChI is InChI=1S/C20H34N2O4S/c1-6-9-10-17(7-2)15-21-20(23)16(4)22(27(5,24)25)18-11-13-19(14-12-18)26-8-3/h11-14,16-17H,6-10,15H2,1-5H3,(H,21,23)/t16-,17+/m0/s1. The lowest BCUT2D eigenvalue weighted by molar-refractivity contribution is -0.122. The van der Waals surface area contributed by atoms with Crippen LogP contribution in [0.3, 0.4) is 0 Å². The maximum Gasteiger partial charge on any atom is 0.243 e. The quantitative estimate of drug-likeness (QED) is 0.584. The number of hydrogen-bond donors (Lipinski definition) is 1. The molecule has 1 N–H and O–H groups in total. The summed E-state index contributed by atoms with van der Waals surface area (Å²) in [6.07, 6.45) is 5.43. The number of ether oxygens (including phenoxy) is 1. The van der Waals surface area contributed by atoms with Crippen LogP contribution in [0.25, 0.3) is 0 Å². The third-order valence-electron chi connectivity index (χ3n) is 4.60. The van der Waals surface area contributed by atoms with E-state index in [1.807, 2.05) is 6.92 Å². The Bertz CT molecular complexity index is 674. The summed E-state index contributed by atoms with van der Waals surface area (Å²) in [4.78, 5) is 12.6. The van der Waals surface area contributed by atoms with Gasteiger partial charge in [-0.15, -0.1) is 0 Å². The van der Waals surface area contributed by atoms with Gasteiger partial charge in [0.1, 0.15) is 11.8 Å². The third kappa shape index (κ3) is 7.40. The largest absolute Gasteiger partial charge is 0.494 e. The van der Waals surface area contributed by atoms with E-state index in [1.165, 1.54) is 0 Å². The van der Waals surface area contributed by atoms with Crippen LogP contribution in [0.1, 0.15) is 53.4 Å². The lowest BCUT2D eigenvalue weighted by atomic mass is 9.99. The molecule has 0 bridgehead atoms. The van der Waals surface area contributed by atoms with Crippen molar-refractivity contribution >= 4 is 21.6 Å². The Balaban J connectivity index is 2.88. The number of benzene rings is 1. The molecule has 0 aliphatic rings. The minimum absolute atomic E-state index is 0.288. The predicted octanol–water partition coefficient (Wildman–Crippen LogP) is 3.57. The molecule has 1 rings (SSSR count). The molecule has 1 aromatic carbocycles. The number of nitrogens with zero attached hydrogens (tertiary/aromatic N) is 1. The molecule has 7 heteroatoms. The van der Waals surface area contributed by atoms with E-state index in [0.717, 1.165) is 36.2 Å². The van der Waals surface area contributed by atoms with Crippen molar-refractivity contribution in [1.29, 1.82) is 0 Å². The van der Waals surface area contributed by atoms with Crippen molar-refractivity contribution in [2.24, 2.45) is 5.92 Å². The number of hydrogen-bond acceptors (Lipinski definition) is 4. The molecule has 0 spiro atoms. The number of rotatable bonds is 12. The molecule has 0 unspecified atom stereocenters. The first-order valence-corrected chi connectivity index (χ1v) is 11.6. The molecule has 0 saturated carbocycles. The molecular formula is C20H34N2O4S. The van der Waals surface area contributed by atoms with Gasteiger partial charge >= 0.3 is 0 Å². The van der Waals surface area contributed by atoms with Crippen molar-refractivity contribution in [3.05, 3.63) is 24.3 Å². The Kier molecular flexibility index (Phi) is 9.63. The van der Waals surface area contributed by atoms with Gasteiger partial charge < -0.3 is 10.1 Å². The number of anilines is 1. The maximum atomic E-state index is 12.6. The monoisotopic (exact) mass is 398 g/mol. The number of nitrogens with one attached hydrogen (secondary N) is 1. The summed E-state index contributed by atoms with van der Waals surface area (Å²) in [5.41, 5.74) is 0.446. The molecule has 0 radical (unpaired) electrons. The molecule has 154 valence electrons. The average Bonchev–Trinajstić information content (AvgIpc) is 2.62. The van der Waals surface area contributed by atoms with Crippen LogP contribution >= 0.6 is 0 Å². The van der Waals surface area contributed by atoms with Crippen LogP contribution in [-0.4, -0.2) is 39.8 Å². The van der Waals surface area contributed by atoms with E-state index in [1.54, 1.807) is 31.2 Å². The Morgan fingerprint density at radius 1 is 1.19 bits per heavy atom. The van der Waals surface area contributed by atoms with E-state index in [-0.39, 0.29) is 5.91 Å². The molecular weight excluding hydrogens is 364 g/mol. The minimum Gasteiger partial charge on any atom is -0.494 e. The smallest absolute Gasteiger partial charge is 0.243 e. The second kappa shape index (κ2) is 11.2. The molecule has 0 fully saturated rings. The Hall–Kier alpha value is -1.76. The summed E-state index contributed by atoms with van der Waals surface area (Å²) in [7, 11) is -3.61. The summed E-state index contributed by atoms with van der Waals surface area (Å²) >= 11 is 0. The lowest BCUT2D eigenvalue weighted by Gasteiger charge is -2.29. The normalized spacial score (nSPS) is 13.7. The molecule has 27 heavy (non-hydrogen) atoms.